The molecule has 0 aliphatic carbocycles. The summed E-state index contributed by atoms with van der Waals surface area (Å²) in [5.74, 6) is -0.366. The summed E-state index contributed by atoms with van der Waals surface area (Å²) in [6.07, 6.45) is 0.397. The molecule has 0 aliphatic rings. The first-order chi connectivity index (χ1) is 8.49. The fraction of sp³-hybridized carbons (Fsp3) is 0.250. The number of halogens is 1. The van der Waals surface area contributed by atoms with Gasteiger partial charge in [-0.25, -0.2) is 4.39 Å². The van der Waals surface area contributed by atoms with Gasteiger partial charge in [-0.15, -0.1) is 0 Å². The molecule has 2 aromatic rings. The molecule has 0 aromatic heterocycles. The zero-order valence-electron chi connectivity index (χ0n) is 10.7. The van der Waals surface area contributed by atoms with Gasteiger partial charge in [-0.3, -0.25) is 0 Å². The number of aryl methyl sites for hydroxylation is 1. The minimum atomic E-state index is -1.19. The fourth-order valence-corrected chi connectivity index (χ4v) is 2.10. The molecule has 2 aromatic carbocycles. The van der Waals surface area contributed by atoms with E-state index in [1.807, 2.05) is 31.2 Å². The molecule has 2 heteroatoms. The van der Waals surface area contributed by atoms with Crippen LogP contribution >= 0.6 is 0 Å². The van der Waals surface area contributed by atoms with Gasteiger partial charge in [-0.1, -0.05) is 48.0 Å². The minimum Gasteiger partial charge on any atom is -0.385 e. The Morgan fingerprint density at radius 3 is 2.28 bits per heavy atom. The maximum atomic E-state index is 13.7. The maximum Gasteiger partial charge on any atom is 0.129 e. The molecule has 0 radical (unpaired) electrons. The third-order valence-electron chi connectivity index (χ3n) is 3.12. The first kappa shape index (κ1) is 12.8. The average molecular weight is 244 g/mol. The predicted octanol–water partition coefficient (Wildman–Crippen LogP) is 3.58. The minimum absolute atomic E-state index is 0.338. The third-order valence-corrected chi connectivity index (χ3v) is 3.12. The molecule has 2 rings (SSSR count). The summed E-state index contributed by atoms with van der Waals surface area (Å²) in [4.78, 5) is 0. The summed E-state index contributed by atoms with van der Waals surface area (Å²) >= 11 is 0. The maximum absolute atomic E-state index is 13.7. The second-order valence-electron chi connectivity index (χ2n) is 4.92. The number of benzene rings is 2. The van der Waals surface area contributed by atoms with Gasteiger partial charge in [-0.2, -0.15) is 0 Å². The van der Waals surface area contributed by atoms with Crippen LogP contribution in [0.4, 0.5) is 4.39 Å². The molecular weight excluding hydrogens is 227 g/mol. The Labute approximate surface area is 107 Å². The number of hydrogen-bond donors (Lipinski definition) is 1. The van der Waals surface area contributed by atoms with Crippen LogP contribution in [0.2, 0.25) is 0 Å². The Hall–Kier alpha value is -1.67. The molecule has 0 aliphatic heterocycles. The zero-order chi connectivity index (χ0) is 13.2. The van der Waals surface area contributed by atoms with Crippen LogP contribution < -0.4 is 0 Å². The van der Waals surface area contributed by atoms with Gasteiger partial charge >= 0.3 is 0 Å². The summed E-state index contributed by atoms with van der Waals surface area (Å²) in [6, 6.07) is 14.3. The first-order valence-corrected chi connectivity index (χ1v) is 6.02. The Bertz CT molecular complexity index is 529. The van der Waals surface area contributed by atoms with Crippen LogP contribution in [-0.2, 0) is 12.0 Å². The van der Waals surface area contributed by atoms with Crippen LogP contribution in [0, 0.1) is 12.7 Å². The molecule has 0 amide bonds. The van der Waals surface area contributed by atoms with E-state index in [9.17, 15) is 9.50 Å². The molecule has 18 heavy (non-hydrogen) atoms. The molecule has 0 saturated heterocycles. The van der Waals surface area contributed by atoms with Crippen molar-refractivity contribution in [2.75, 3.05) is 0 Å². The van der Waals surface area contributed by atoms with Crippen LogP contribution in [0.5, 0.6) is 0 Å². The van der Waals surface area contributed by atoms with Crippen molar-refractivity contribution >= 4 is 0 Å². The SMILES string of the molecule is Cc1ccc(CC(C)(O)c2ccccc2F)cc1. The average Bonchev–Trinajstić information content (AvgIpc) is 2.32. The van der Waals surface area contributed by atoms with E-state index in [4.69, 9.17) is 0 Å². The summed E-state index contributed by atoms with van der Waals surface area (Å²) in [6.45, 7) is 3.66. The monoisotopic (exact) mass is 244 g/mol. The summed E-state index contributed by atoms with van der Waals surface area (Å²) < 4.78 is 13.7. The highest BCUT2D eigenvalue weighted by atomic mass is 19.1. The lowest BCUT2D eigenvalue weighted by atomic mass is 9.88. The Balaban J connectivity index is 2.27. The van der Waals surface area contributed by atoms with Gasteiger partial charge in [0.25, 0.3) is 0 Å². The highest BCUT2D eigenvalue weighted by molar-refractivity contribution is 5.28. The van der Waals surface area contributed by atoms with Crippen LogP contribution in [0.25, 0.3) is 0 Å². The van der Waals surface area contributed by atoms with E-state index in [1.54, 1.807) is 25.1 Å². The summed E-state index contributed by atoms with van der Waals surface area (Å²) in [5.41, 5.74) is 1.31. The van der Waals surface area contributed by atoms with E-state index in [-0.39, 0.29) is 5.82 Å². The van der Waals surface area contributed by atoms with Crippen molar-refractivity contribution in [3.8, 4) is 0 Å². The molecule has 1 nitrogen and oxygen atoms in total. The molecule has 0 bridgehead atoms. The normalized spacial score (nSPS) is 14.2. The Morgan fingerprint density at radius 2 is 1.67 bits per heavy atom. The van der Waals surface area contributed by atoms with Crippen molar-refractivity contribution in [3.63, 3.8) is 0 Å². The second kappa shape index (κ2) is 4.91. The molecule has 1 atom stereocenters. The lowest BCUT2D eigenvalue weighted by Crippen LogP contribution is -2.25. The largest absolute Gasteiger partial charge is 0.385 e. The van der Waals surface area contributed by atoms with E-state index >= 15 is 0 Å². The lowest BCUT2D eigenvalue weighted by Gasteiger charge is -2.24. The van der Waals surface area contributed by atoms with E-state index in [0.29, 0.717) is 12.0 Å². The predicted molar refractivity (Wildman–Crippen MR) is 70.9 cm³/mol. The molecule has 0 spiro atoms. The smallest absolute Gasteiger partial charge is 0.129 e. The molecule has 0 fully saturated rings. The van der Waals surface area contributed by atoms with Gasteiger partial charge in [0, 0.05) is 12.0 Å². The van der Waals surface area contributed by atoms with E-state index in [0.717, 1.165) is 5.56 Å². The van der Waals surface area contributed by atoms with Crippen molar-refractivity contribution < 1.29 is 9.50 Å². The van der Waals surface area contributed by atoms with Crippen LogP contribution in [0.3, 0.4) is 0 Å². The Kier molecular flexibility index (Phi) is 3.48. The van der Waals surface area contributed by atoms with Gasteiger partial charge in [0.15, 0.2) is 0 Å². The van der Waals surface area contributed by atoms with Crippen molar-refractivity contribution in [1.29, 1.82) is 0 Å². The van der Waals surface area contributed by atoms with Gasteiger partial charge in [-0.05, 0) is 25.5 Å². The van der Waals surface area contributed by atoms with Crippen LogP contribution in [0.15, 0.2) is 48.5 Å². The number of rotatable bonds is 3. The van der Waals surface area contributed by atoms with E-state index in [1.165, 1.54) is 11.6 Å². The molecule has 1 N–H and O–H groups in total. The highest BCUT2D eigenvalue weighted by Crippen LogP contribution is 2.27. The van der Waals surface area contributed by atoms with Gasteiger partial charge in [0.05, 0.1) is 5.60 Å². The second-order valence-corrected chi connectivity index (χ2v) is 4.92. The molecular formula is C16H17FO. The van der Waals surface area contributed by atoms with Crippen molar-refractivity contribution in [2.45, 2.75) is 25.9 Å². The standard InChI is InChI=1S/C16H17FO/c1-12-7-9-13(10-8-12)11-16(2,18)14-5-3-4-6-15(14)17/h3-10,18H,11H2,1-2H3. The van der Waals surface area contributed by atoms with Crippen molar-refractivity contribution in [1.82, 2.24) is 0 Å². The molecule has 0 heterocycles. The number of hydrogen-bond acceptors (Lipinski definition) is 1. The summed E-state index contributed by atoms with van der Waals surface area (Å²) in [7, 11) is 0. The highest BCUT2D eigenvalue weighted by Gasteiger charge is 2.26. The van der Waals surface area contributed by atoms with Crippen LogP contribution in [-0.4, -0.2) is 5.11 Å². The quantitative estimate of drug-likeness (QED) is 0.875. The lowest BCUT2D eigenvalue weighted by molar-refractivity contribution is 0.0538. The van der Waals surface area contributed by atoms with Crippen molar-refractivity contribution in [2.24, 2.45) is 0 Å². The summed E-state index contributed by atoms with van der Waals surface area (Å²) in [5, 5.41) is 10.4. The topological polar surface area (TPSA) is 20.2 Å². The Morgan fingerprint density at radius 1 is 1.06 bits per heavy atom. The van der Waals surface area contributed by atoms with Gasteiger partial charge in [0.1, 0.15) is 5.82 Å². The van der Waals surface area contributed by atoms with Crippen LogP contribution in [0.1, 0.15) is 23.6 Å². The van der Waals surface area contributed by atoms with Crippen molar-refractivity contribution in [3.05, 3.63) is 71.0 Å². The molecule has 1 unspecified atom stereocenters. The van der Waals surface area contributed by atoms with Gasteiger partial charge in [0.2, 0.25) is 0 Å². The molecule has 94 valence electrons. The van der Waals surface area contributed by atoms with E-state index in [2.05, 4.69) is 0 Å². The fourth-order valence-electron chi connectivity index (χ4n) is 2.10. The number of aliphatic hydroxyl groups is 1. The molecule has 0 saturated carbocycles. The zero-order valence-corrected chi connectivity index (χ0v) is 10.7. The van der Waals surface area contributed by atoms with Gasteiger partial charge < -0.3 is 5.11 Å². The van der Waals surface area contributed by atoms with E-state index < -0.39 is 5.60 Å². The third kappa shape index (κ3) is 2.77. The first-order valence-electron chi connectivity index (χ1n) is 6.02.